The van der Waals surface area contributed by atoms with Gasteiger partial charge in [-0.1, -0.05) is 0 Å². The predicted octanol–water partition coefficient (Wildman–Crippen LogP) is -0.667. The van der Waals surface area contributed by atoms with Crippen molar-refractivity contribution < 1.29 is 9.90 Å². The van der Waals surface area contributed by atoms with Gasteiger partial charge in [0.1, 0.15) is 5.54 Å². The van der Waals surface area contributed by atoms with Gasteiger partial charge in [-0.3, -0.25) is 5.41 Å². The maximum atomic E-state index is 10.3. The number of carbonyl (C=O) groups is 1. The molecule has 0 aromatic rings. The topological polar surface area (TPSA) is 99.2 Å². The molecular weight excluding hydrogens is 134 g/mol. The second kappa shape index (κ2) is 2.55. The number of carboxylic acids is 1. The molecule has 0 aliphatic rings. The molecule has 0 rings (SSSR count). The molecule has 0 saturated heterocycles. The smallest absolute Gasteiger partial charge is 0.328 e. The fourth-order valence-corrected chi connectivity index (χ4v) is 0.390. The molecule has 0 saturated carbocycles. The summed E-state index contributed by atoms with van der Waals surface area (Å²) in [5.74, 6) is -1.38. The van der Waals surface area contributed by atoms with Crippen LogP contribution in [0.2, 0.25) is 0 Å². The third-order valence-electron chi connectivity index (χ3n) is 0.982. The van der Waals surface area contributed by atoms with Gasteiger partial charge in [0.2, 0.25) is 0 Å². The Morgan fingerprint density at radius 3 is 2.20 bits per heavy atom. The van der Waals surface area contributed by atoms with Crippen molar-refractivity contribution in [3.05, 3.63) is 0 Å². The lowest BCUT2D eigenvalue weighted by Crippen LogP contribution is -2.51. The first-order chi connectivity index (χ1) is 4.36. The normalized spacial score (nSPS) is 10.6. The Morgan fingerprint density at radius 2 is 2.10 bits per heavy atom. The van der Waals surface area contributed by atoms with Crippen molar-refractivity contribution in [3.63, 3.8) is 0 Å². The third kappa shape index (κ3) is 2.34. The Kier molecular flexibility index (Phi) is 2.23. The number of hydrogen-bond acceptors (Lipinski definition) is 2. The van der Waals surface area contributed by atoms with E-state index in [4.69, 9.17) is 16.2 Å². The molecule has 10 heavy (non-hydrogen) atoms. The van der Waals surface area contributed by atoms with Crippen molar-refractivity contribution in [2.24, 2.45) is 5.73 Å². The molecule has 5 N–H and O–H groups in total. The highest BCUT2D eigenvalue weighted by molar-refractivity contribution is 5.85. The Bertz CT molecular complexity index is 164. The third-order valence-corrected chi connectivity index (χ3v) is 0.982. The van der Waals surface area contributed by atoms with E-state index < -0.39 is 11.5 Å². The van der Waals surface area contributed by atoms with Crippen LogP contribution in [0.1, 0.15) is 13.8 Å². The summed E-state index contributed by atoms with van der Waals surface area (Å²) in [5, 5.41) is 17.5. The lowest BCUT2D eigenvalue weighted by Gasteiger charge is -2.20. The van der Waals surface area contributed by atoms with Crippen LogP contribution in [0.3, 0.4) is 0 Å². The van der Waals surface area contributed by atoms with Gasteiger partial charge < -0.3 is 16.2 Å². The Hall–Kier alpha value is -1.26. The molecule has 58 valence electrons. The highest BCUT2D eigenvalue weighted by Crippen LogP contribution is 1.99. The van der Waals surface area contributed by atoms with Gasteiger partial charge in [0.15, 0.2) is 5.96 Å². The number of nitrogens with one attached hydrogen (secondary N) is 2. The molecular formula is C5H11N3O2. The van der Waals surface area contributed by atoms with Crippen LogP contribution in [-0.2, 0) is 4.79 Å². The first kappa shape index (κ1) is 8.74. The zero-order valence-electron chi connectivity index (χ0n) is 5.93. The van der Waals surface area contributed by atoms with E-state index in [1.54, 1.807) is 0 Å². The van der Waals surface area contributed by atoms with E-state index >= 15 is 0 Å². The predicted molar refractivity (Wildman–Crippen MR) is 36.8 cm³/mol. The van der Waals surface area contributed by atoms with E-state index in [-0.39, 0.29) is 5.96 Å². The van der Waals surface area contributed by atoms with Crippen molar-refractivity contribution in [3.8, 4) is 0 Å². The van der Waals surface area contributed by atoms with E-state index in [9.17, 15) is 4.79 Å². The Labute approximate surface area is 58.7 Å². The summed E-state index contributed by atoms with van der Waals surface area (Å²) in [6.07, 6.45) is 0. The number of rotatable bonds is 2. The van der Waals surface area contributed by atoms with Crippen molar-refractivity contribution in [1.29, 1.82) is 5.41 Å². The van der Waals surface area contributed by atoms with Crippen LogP contribution in [0.15, 0.2) is 0 Å². The van der Waals surface area contributed by atoms with Crippen LogP contribution < -0.4 is 11.1 Å². The van der Waals surface area contributed by atoms with Gasteiger partial charge in [-0.2, -0.15) is 0 Å². The van der Waals surface area contributed by atoms with Gasteiger partial charge in [0.25, 0.3) is 0 Å². The molecule has 0 fully saturated rings. The molecule has 5 nitrogen and oxygen atoms in total. The second-order valence-corrected chi connectivity index (χ2v) is 2.47. The lowest BCUT2D eigenvalue weighted by molar-refractivity contribution is -0.142. The maximum absolute atomic E-state index is 10.3. The number of aliphatic carboxylic acids is 1. The molecule has 0 heterocycles. The summed E-state index contributed by atoms with van der Waals surface area (Å²) in [5.41, 5.74) is 3.76. The van der Waals surface area contributed by atoms with Crippen molar-refractivity contribution in [2.45, 2.75) is 19.4 Å². The van der Waals surface area contributed by atoms with Gasteiger partial charge in [-0.15, -0.1) is 0 Å². The zero-order chi connectivity index (χ0) is 8.36. The summed E-state index contributed by atoms with van der Waals surface area (Å²) in [6.45, 7) is 2.85. The minimum atomic E-state index is -1.16. The molecule has 0 aromatic heterocycles. The number of guanidine groups is 1. The highest BCUT2D eigenvalue weighted by atomic mass is 16.4. The van der Waals surface area contributed by atoms with Crippen molar-refractivity contribution >= 4 is 11.9 Å². The lowest BCUT2D eigenvalue weighted by atomic mass is 10.1. The molecule has 0 unspecified atom stereocenters. The van der Waals surface area contributed by atoms with Crippen LogP contribution in [0.4, 0.5) is 0 Å². The number of nitrogens with two attached hydrogens (primary N) is 1. The molecule has 5 heteroatoms. The highest BCUT2D eigenvalue weighted by Gasteiger charge is 2.26. The standard InChI is InChI=1S/C5H11N3O2/c1-5(2,3(9)10)8-4(6)7/h1-2H3,(H,9,10)(H4,6,7,8). The van der Waals surface area contributed by atoms with Crippen LogP contribution >= 0.6 is 0 Å². The quantitative estimate of drug-likeness (QED) is 0.306. The van der Waals surface area contributed by atoms with Crippen LogP contribution in [0, 0.1) is 5.41 Å². The Morgan fingerprint density at radius 1 is 1.70 bits per heavy atom. The number of carboxylic acid groups (broad SMARTS) is 1. The molecule has 0 radical (unpaired) electrons. The van der Waals surface area contributed by atoms with E-state index in [2.05, 4.69) is 5.32 Å². The van der Waals surface area contributed by atoms with Crippen LogP contribution in [0.25, 0.3) is 0 Å². The van der Waals surface area contributed by atoms with Gasteiger partial charge >= 0.3 is 5.97 Å². The first-order valence-corrected chi connectivity index (χ1v) is 2.72. The van der Waals surface area contributed by atoms with Crippen molar-refractivity contribution in [2.75, 3.05) is 0 Å². The van der Waals surface area contributed by atoms with Crippen molar-refractivity contribution in [1.82, 2.24) is 5.32 Å². The maximum Gasteiger partial charge on any atom is 0.328 e. The Balaban J connectivity index is 4.13. The van der Waals surface area contributed by atoms with Crippen LogP contribution in [0.5, 0.6) is 0 Å². The fourth-order valence-electron chi connectivity index (χ4n) is 0.390. The SMILES string of the molecule is CC(C)(NC(=N)N)C(=O)O. The molecule has 0 aromatic carbocycles. The van der Waals surface area contributed by atoms with Gasteiger partial charge in [-0.05, 0) is 13.8 Å². The molecule has 0 spiro atoms. The van der Waals surface area contributed by atoms with E-state index in [1.807, 2.05) is 0 Å². The average molecular weight is 145 g/mol. The molecule has 0 atom stereocenters. The molecule has 0 bridgehead atoms. The summed E-state index contributed by atoms with van der Waals surface area (Å²) in [7, 11) is 0. The summed E-state index contributed by atoms with van der Waals surface area (Å²) < 4.78 is 0. The fraction of sp³-hybridized carbons (Fsp3) is 0.600. The largest absolute Gasteiger partial charge is 0.480 e. The minimum absolute atomic E-state index is 0.340. The molecule has 0 aliphatic heterocycles. The van der Waals surface area contributed by atoms with Gasteiger partial charge in [0.05, 0.1) is 0 Å². The van der Waals surface area contributed by atoms with Gasteiger partial charge in [0, 0.05) is 0 Å². The van der Waals surface area contributed by atoms with Crippen LogP contribution in [-0.4, -0.2) is 22.6 Å². The van der Waals surface area contributed by atoms with E-state index in [1.165, 1.54) is 13.8 Å². The summed E-state index contributed by atoms with van der Waals surface area (Å²) in [6, 6.07) is 0. The second-order valence-electron chi connectivity index (χ2n) is 2.47. The summed E-state index contributed by atoms with van der Waals surface area (Å²) >= 11 is 0. The number of hydrogen-bond donors (Lipinski definition) is 4. The monoisotopic (exact) mass is 145 g/mol. The molecule has 0 amide bonds. The first-order valence-electron chi connectivity index (χ1n) is 2.72. The average Bonchev–Trinajstić information content (AvgIpc) is 1.60. The molecule has 0 aliphatic carbocycles. The zero-order valence-corrected chi connectivity index (χ0v) is 5.93. The van der Waals surface area contributed by atoms with Gasteiger partial charge in [-0.25, -0.2) is 4.79 Å². The van der Waals surface area contributed by atoms with E-state index in [0.717, 1.165) is 0 Å². The minimum Gasteiger partial charge on any atom is -0.480 e. The summed E-state index contributed by atoms with van der Waals surface area (Å²) in [4.78, 5) is 10.3. The van der Waals surface area contributed by atoms with E-state index in [0.29, 0.717) is 0 Å².